The van der Waals surface area contributed by atoms with E-state index in [1.807, 2.05) is 0 Å². The fourth-order valence-corrected chi connectivity index (χ4v) is 2.13. The monoisotopic (exact) mass is 338 g/mol. The van der Waals surface area contributed by atoms with Crippen LogP contribution in [-0.4, -0.2) is 11.0 Å². The Bertz CT molecular complexity index is 713. The van der Waals surface area contributed by atoms with Crippen LogP contribution in [-0.2, 0) is 24.1 Å². The van der Waals surface area contributed by atoms with E-state index in [0.717, 1.165) is 23.3 Å². The molecule has 2 aromatic rings. The molecule has 0 aliphatic carbocycles. The highest BCUT2D eigenvalue weighted by atomic mass is 19.4. The van der Waals surface area contributed by atoms with Gasteiger partial charge in [-0.15, -0.1) is 0 Å². The average Bonchev–Trinajstić information content (AvgIpc) is 2.53. The van der Waals surface area contributed by atoms with E-state index >= 15 is 0 Å². The number of carbonyl (C=O) groups is 1. The van der Waals surface area contributed by atoms with Crippen LogP contribution in [0.5, 0.6) is 0 Å². The summed E-state index contributed by atoms with van der Waals surface area (Å²) in [6, 6.07) is 10.1. The zero-order valence-corrected chi connectivity index (χ0v) is 12.9. The molecule has 3 N–H and O–H groups in total. The molecule has 0 aromatic heterocycles. The van der Waals surface area contributed by atoms with Gasteiger partial charge in [0.05, 0.1) is 23.5 Å². The second kappa shape index (κ2) is 7.35. The van der Waals surface area contributed by atoms with Gasteiger partial charge < -0.3 is 15.7 Å². The molecule has 0 radical (unpaired) electrons. The van der Waals surface area contributed by atoms with Gasteiger partial charge in [0.25, 0.3) is 0 Å². The highest BCUT2D eigenvalue weighted by molar-refractivity contribution is 5.92. The molecule has 2 aromatic carbocycles. The van der Waals surface area contributed by atoms with E-state index in [2.05, 4.69) is 10.6 Å². The number of halogens is 3. The molecule has 2 rings (SSSR count). The van der Waals surface area contributed by atoms with Crippen molar-refractivity contribution in [1.82, 2.24) is 0 Å². The molecule has 0 unspecified atom stereocenters. The Kier molecular flexibility index (Phi) is 5.46. The molecule has 7 heteroatoms. The number of rotatable bonds is 5. The third kappa shape index (κ3) is 4.73. The van der Waals surface area contributed by atoms with Gasteiger partial charge in [0.15, 0.2) is 0 Å². The van der Waals surface area contributed by atoms with E-state index in [-0.39, 0.29) is 30.4 Å². The van der Waals surface area contributed by atoms with Crippen molar-refractivity contribution in [1.29, 1.82) is 0 Å². The van der Waals surface area contributed by atoms with Crippen molar-refractivity contribution < 1.29 is 23.1 Å². The molecule has 0 heterocycles. The van der Waals surface area contributed by atoms with Crippen molar-refractivity contribution in [2.24, 2.45) is 0 Å². The molecular formula is C17H17F3N2O2. The Balaban J connectivity index is 2.22. The van der Waals surface area contributed by atoms with Crippen LogP contribution in [0.4, 0.5) is 24.5 Å². The Labute approximate surface area is 137 Å². The smallest absolute Gasteiger partial charge is 0.392 e. The summed E-state index contributed by atoms with van der Waals surface area (Å²) in [6.45, 7) is 1.49. The Morgan fingerprint density at radius 2 is 1.67 bits per heavy atom. The molecule has 128 valence electrons. The first-order valence-corrected chi connectivity index (χ1v) is 7.21. The van der Waals surface area contributed by atoms with E-state index in [9.17, 15) is 18.0 Å². The molecule has 0 fully saturated rings. The highest BCUT2D eigenvalue weighted by Gasteiger charge is 2.31. The Hall–Kier alpha value is -2.54. The lowest BCUT2D eigenvalue weighted by molar-refractivity contribution is -0.137. The van der Waals surface area contributed by atoms with Gasteiger partial charge in [-0.1, -0.05) is 24.3 Å². The number of hydrogen-bond acceptors (Lipinski definition) is 3. The molecular weight excluding hydrogens is 321 g/mol. The van der Waals surface area contributed by atoms with Crippen molar-refractivity contribution in [3.8, 4) is 0 Å². The van der Waals surface area contributed by atoms with E-state index < -0.39 is 11.7 Å². The van der Waals surface area contributed by atoms with Crippen molar-refractivity contribution in [2.75, 3.05) is 10.6 Å². The lowest BCUT2D eigenvalue weighted by atomic mass is 10.1. The average molecular weight is 338 g/mol. The van der Waals surface area contributed by atoms with Crippen LogP contribution in [0.1, 0.15) is 23.6 Å². The first kappa shape index (κ1) is 17.8. The molecule has 0 aliphatic rings. The fraction of sp³-hybridized carbons (Fsp3) is 0.235. The SMILES string of the molecule is CC(=O)Nc1ccc(C(F)(F)F)cc1NCc1ccc(CO)cc1. The van der Waals surface area contributed by atoms with E-state index in [1.165, 1.54) is 13.0 Å². The summed E-state index contributed by atoms with van der Waals surface area (Å²) in [5.41, 5.74) is 1.25. The van der Waals surface area contributed by atoms with E-state index in [1.54, 1.807) is 24.3 Å². The maximum atomic E-state index is 12.9. The molecule has 0 aliphatic heterocycles. The number of amides is 1. The van der Waals surface area contributed by atoms with Crippen molar-refractivity contribution in [2.45, 2.75) is 26.3 Å². The summed E-state index contributed by atoms with van der Waals surface area (Å²) in [5, 5.41) is 14.4. The Morgan fingerprint density at radius 3 is 2.21 bits per heavy atom. The minimum Gasteiger partial charge on any atom is -0.392 e. The van der Waals surface area contributed by atoms with Gasteiger partial charge in [0.1, 0.15) is 0 Å². The molecule has 0 spiro atoms. The number of anilines is 2. The molecule has 1 amide bonds. The van der Waals surface area contributed by atoms with Crippen molar-refractivity contribution in [3.05, 3.63) is 59.2 Å². The molecule has 4 nitrogen and oxygen atoms in total. The number of hydrogen-bond donors (Lipinski definition) is 3. The van der Waals surface area contributed by atoms with Crippen LogP contribution in [0.25, 0.3) is 0 Å². The minimum absolute atomic E-state index is 0.0754. The highest BCUT2D eigenvalue weighted by Crippen LogP contribution is 2.34. The summed E-state index contributed by atoms with van der Waals surface area (Å²) in [5.74, 6) is -0.370. The van der Waals surface area contributed by atoms with Crippen LogP contribution < -0.4 is 10.6 Å². The third-order valence-corrected chi connectivity index (χ3v) is 3.35. The first-order valence-electron chi connectivity index (χ1n) is 7.21. The van der Waals surface area contributed by atoms with E-state index in [0.29, 0.717) is 0 Å². The summed E-state index contributed by atoms with van der Waals surface area (Å²) in [7, 11) is 0. The fourth-order valence-electron chi connectivity index (χ4n) is 2.13. The quantitative estimate of drug-likeness (QED) is 0.778. The minimum atomic E-state index is -4.46. The first-order chi connectivity index (χ1) is 11.3. The number of nitrogens with one attached hydrogen (secondary N) is 2. The predicted octanol–water partition coefficient (Wildman–Crippen LogP) is 3.77. The van der Waals surface area contributed by atoms with E-state index in [4.69, 9.17) is 5.11 Å². The number of aliphatic hydroxyl groups excluding tert-OH is 1. The van der Waals surface area contributed by atoms with Gasteiger partial charge in [0.2, 0.25) is 5.91 Å². The van der Waals surface area contributed by atoms with Gasteiger partial charge in [-0.25, -0.2) is 0 Å². The zero-order valence-electron chi connectivity index (χ0n) is 12.9. The second-order valence-electron chi connectivity index (χ2n) is 5.27. The lowest BCUT2D eigenvalue weighted by Crippen LogP contribution is -2.12. The van der Waals surface area contributed by atoms with Crippen LogP contribution >= 0.6 is 0 Å². The third-order valence-electron chi connectivity index (χ3n) is 3.35. The second-order valence-corrected chi connectivity index (χ2v) is 5.27. The molecule has 0 atom stereocenters. The van der Waals surface area contributed by atoms with Crippen molar-refractivity contribution in [3.63, 3.8) is 0 Å². The number of alkyl halides is 3. The van der Waals surface area contributed by atoms with Gasteiger partial charge in [-0.05, 0) is 29.3 Å². The summed E-state index contributed by atoms with van der Waals surface area (Å²) < 4.78 is 38.6. The van der Waals surface area contributed by atoms with Crippen LogP contribution in [0, 0.1) is 0 Å². The van der Waals surface area contributed by atoms with Gasteiger partial charge >= 0.3 is 6.18 Å². The lowest BCUT2D eigenvalue weighted by Gasteiger charge is -2.15. The topological polar surface area (TPSA) is 61.4 Å². The number of benzene rings is 2. The van der Waals surface area contributed by atoms with Crippen LogP contribution in [0.15, 0.2) is 42.5 Å². The molecule has 0 saturated carbocycles. The predicted molar refractivity (Wildman–Crippen MR) is 85.4 cm³/mol. The van der Waals surface area contributed by atoms with Gasteiger partial charge in [0, 0.05) is 13.5 Å². The largest absolute Gasteiger partial charge is 0.416 e. The standard InChI is InChI=1S/C17H17F3N2O2/c1-11(24)22-15-7-6-14(17(18,19)20)8-16(15)21-9-12-2-4-13(10-23)5-3-12/h2-8,21,23H,9-10H2,1H3,(H,22,24). The molecule has 0 bridgehead atoms. The van der Waals surface area contributed by atoms with Gasteiger partial charge in [-0.3, -0.25) is 4.79 Å². The Morgan fingerprint density at radius 1 is 1.04 bits per heavy atom. The maximum Gasteiger partial charge on any atom is 0.416 e. The summed E-state index contributed by atoms with van der Waals surface area (Å²) in [6.07, 6.45) is -4.46. The molecule has 24 heavy (non-hydrogen) atoms. The summed E-state index contributed by atoms with van der Waals surface area (Å²) in [4.78, 5) is 11.2. The number of carbonyl (C=O) groups excluding carboxylic acids is 1. The van der Waals surface area contributed by atoms with Crippen molar-refractivity contribution >= 4 is 17.3 Å². The van der Waals surface area contributed by atoms with Crippen LogP contribution in [0.3, 0.4) is 0 Å². The van der Waals surface area contributed by atoms with Crippen LogP contribution in [0.2, 0.25) is 0 Å². The maximum absolute atomic E-state index is 12.9. The molecule has 0 saturated heterocycles. The normalized spacial score (nSPS) is 11.2. The zero-order chi connectivity index (χ0) is 17.7. The summed E-state index contributed by atoms with van der Waals surface area (Å²) >= 11 is 0. The van der Waals surface area contributed by atoms with Gasteiger partial charge in [-0.2, -0.15) is 13.2 Å². The number of aliphatic hydroxyl groups is 1.